The number of aliphatic hydroxyl groups is 1. The van der Waals surface area contributed by atoms with Gasteiger partial charge in [0.25, 0.3) is 0 Å². The lowest BCUT2D eigenvalue weighted by atomic mass is 10.4. The van der Waals surface area contributed by atoms with E-state index < -0.39 is 0 Å². The van der Waals surface area contributed by atoms with Crippen molar-refractivity contribution in [1.29, 1.82) is 0 Å². The first-order valence-corrected chi connectivity index (χ1v) is 4.86. The summed E-state index contributed by atoms with van der Waals surface area (Å²) in [5.74, 6) is 0.468. The molecule has 0 saturated heterocycles. The maximum atomic E-state index is 11.1. The van der Waals surface area contributed by atoms with Crippen molar-refractivity contribution in [2.24, 2.45) is 5.92 Å². The van der Waals surface area contributed by atoms with E-state index >= 15 is 0 Å². The van der Waals surface area contributed by atoms with E-state index in [9.17, 15) is 4.79 Å². The van der Waals surface area contributed by atoms with Gasteiger partial charge in [-0.25, -0.2) is 0 Å². The summed E-state index contributed by atoms with van der Waals surface area (Å²) in [6.45, 7) is 3.69. The third kappa shape index (κ3) is 4.85. The first-order valence-electron chi connectivity index (χ1n) is 4.86. The Balaban J connectivity index is 1.86. The molecule has 3 N–H and O–H groups in total. The molecule has 1 rings (SSSR count). The van der Waals surface area contributed by atoms with Gasteiger partial charge >= 0.3 is 0 Å². The van der Waals surface area contributed by atoms with E-state index in [0.717, 1.165) is 19.4 Å². The fourth-order valence-corrected chi connectivity index (χ4v) is 1.07. The van der Waals surface area contributed by atoms with Crippen LogP contribution in [0.5, 0.6) is 0 Å². The van der Waals surface area contributed by atoms with Crippen LogP contribution >= 0.6 is 0 Å². The van der Waals surface area contributed by atoms with Gasteiger partial charge in [-0.1, -0.05) is 0 Å². The van der Waals surface area contributed by atoms with Gasteiger partial charge < -0.3 is 15.7 Å². The van der Waals surface area contributed by atoms with E-state index in [4.69, 9.17) is 5.11 Å². The molecule has 1 unspecified atom stereocenters. The number of rotatable bonds is 6. The van der Waals surface area contributed by atoms with Crippen LogP contribution in [0.15, 0.2) is 0 Å². The van der Waals surface area contributed by atoms with E-state index in [1.165, 1.54) is 0 Å². The van der Waals surface area contributed by atoms with Crippen molar-refractivity contribution in [2.75, 3.05) is 19.6 Å². The molecule has 1 aliphatic carbocycles. The first kappa shape index (κ1) is 10.5. The molecule has 0 bridgehead atoms. The van der Waals surface area contributed by atoms with Crippen LogP contribution in [0.3, 0.4) is 0 Å². The standard InChI is InChI=1S/C9H18N2O2/c1-7(12)6-10-4-5-11-9(13)8-2-3-8/h7-8,10,12H,2-6H2,1H3,(H,11,13). The fourth-order valence-electron chi connectivity index (χ4n) is 1.07. The SMILES string of the molecule is CC(O)CNCCNC(=O)C1CC1. The average molecular weight is 186 g/mol. The van der Waals surface area contributed by atoms with Gasteiger partial charge in [0.1, 0.15) is 0 Å². The molecule has 0 aromatic rings. The predicted octanol–water partition coefficient (Wildman–Crippen LogP) is -0.517. The number of nitrogens with one attached hydrogen (secondary N) is 2. The topological polar surface area (TPSA) is 61.4 Å². The van der Waals surface area contributed by atoms with Crippen molar-refractivity contribution in [2.45, 2.75) is 25.9 Å². The van der Waals surface area contributed by atoms with Crippen molar-refractivity contribution < 1.29 is 9.90 Å². The normalized spacial score (nSPS) is 18.3. The maximum absolute atomic E-state index is 11.1. The lowest BCUT2D eigenvalue weighted by Crippen LogP contribution is -2.35. The molecule has 0 aromatic carbocycles. The highest BCUT2D eigenvalue weighted by atomic mass is 16.3. The highest BCUT2D eigenvalue weighted by Crippen LogP contribution is 2.28. The second kappa shape index (κ2) is 5.19. The lowest BCUT2D eigenvalue weighted by Gasteiger charge is -2.07. The molecular weight excluding hydrogens is 168 g/mol. The molecule has 76 valence electrons. The third-order valence-electron chi connectivity index (χ3n) is 1.99. The van der Waals surface area contributed by atoms with Gasteiger partial charge in [0.05, 0.1) is 6.10 Å². The largest absolute Gasteiger partial charge is 0.392 e. The summed E-state index contributed by atoms with van der Waals surface area (Å²) in [6.07, 6.45) is 1.78. The maximum Gasteiger partial charge on any atom is 0.223 e. The van der Waals surface area contributed by atoms with Gasteiger partial charge in [-0.15, -0.1) is 0 Å². The van der Waals surface area contributed by atoms with Gasteiger partial charge in [-0.3, -0.25) is 4.79 Å². The van der Waals surface area contributed by atoms with Crippen LogP contribution in [0.1, 0.15) is 19.8 Å². The van der Waals surface area contributed by atoms with Crippen molar-refractivity contribution >= 4 is 5.91 Å². The van der Waals surface area contributed by atoms with Crippen LogP contribution in [0.4, 0.5) is 0 Å². The summed E-state index contributed by atoms with van der Waals surface area (Å²) in [5.41, 5.74) is 0. The van der Waals surface area contributed by atoms with E-state index in [-0.39, 0.29) is 17.9 Å². The first-order chi connectivity index (χ1) is 6.20. The Hall–Kier alpha value is -0.610. The van der Waals surface area contributed by atoms with Gasteiger partial charge in [0.2, 0.25) is 5.91 Å². The zero-order valence-electron chi connectivity index (χ0n) is 8.05. The molecule has 0 aliphatic heterocycles. The summed E-state index contributed by atoms with van der Waals surface area (Å²) >= 11 is 0. The van der Waals surface area contributed by atoms with Crippen LogP contribution < -0.4 is 10.6 Å². The number of amides is 1. The molecule has 1 saturated carbocycles. The quantitative estimate of drug-likeness (QED) is 0.489. The van der Waals surface area contributed by atoms with E-state index in [1.807, 2.05) is 0 Å². The summed E-state index contributed by atoms with van der Waals surface area (Å²) in [4.78, 5) is 11.1. The van der Waals surface area contributed by atoms with Gasteiger partial charge in [0, 0.05) is 25.6 Å². The van der Waals surface area contributed by atoms with Crippen molar-refractivity contribution in [3.05, 3.63) is 0 Å². The molecule has 0 radical (unpaired) electrons. The van der Waals surface area contributed by atoms with Crippen molar-refractivity contribution in [1.82, 2.24) is 10.6 Å². The molecule has 1 amide bonds. The fraction of sp³-hybridized carbons (Fsp3) is 0.889. The summed E-state index contributed by atoms with van der Waals surface area (Å²) in [5, 5.41) is 14.8. The monoisotopic (exact) mass is 186 g/mol. The van der Waals surface area contributed by atoms with Crippen LogP contribution in [-0.4, -0.2) is 36.8 Å². The van der Waals surface area contributed by atoms with Crippen LogP contribution in [0.25, 0.3) is 0 Å². The Bertz CT molecular complexity index is 167. The van der Waals surface area contributed by atoms with Crippen molar-refractivity contribution in [3.8, 4) is 0 Å². The zero-order chi connectivity index (χ0) is 9.68. The second-order valence-electron chi connectivity index (χ2n) is 3.62. The number of aliphatic hydroxyl groups excluding tert-OH is 1. The molecule has 0 heterocycles. The van der Waals surface area contributed by atoms with Gasteiger partial charge in [-0.05, 0) is 19.8 Å². The minimum absolute atomic E-state index is 0.179. The highest BCUT2D eigenvalue weighted by Gasteiger charge is 2.28. The smallest absolute Gasteiger partial charge is 0.223 e. The highest BCUT2D eigenvalue weighted by molar-refractivity contribution is 5.80. The molecule has 1 atom stereocenters. The van der Waals surface area contributed by atoms with Gasteiger partial charge in [0.15, 0.2) is 0 Å². The average Bonchev–Trinajstić information content (AvgIpc) is 2.85. The van der Waals surface area contributed by atoms with E-state index in [1.54, 1.807) is 6.92 Å². The zero-order valence-corrected chi connectivity index (χ0v) is 8.05. The third-order valence-corrected chi connectivity index (χ3v) is 1.99. The van der Waals surface area contributed by atoms with Gasteiger partial charge in [-0.2, -0.15) is 0 Å². The van der Waals surface area contributed by atoms with Crippen LogP contribution in [-0.2, 0) is 4.79 Å². The second-order valence-corrected chi connectivity index (χ2v) is 3.62. The van der Waals surface area contributed by atoms with Crippen molar-refractivity contribution in [3.63, 3.8) is 0 Å². The minimum atomic E-state index is -0.320. The number of hydrogen-bond acceptors (Lipinski definition) is 3. The predicted molar refractivity (Wildman–Crippen MR) is 50.3 cm³/mol. The minimum Gasteiger partial charge on any atom is -0.392 e. The molecule has 0 spiro atoms. The molecule has 4 heteroatoms. The number of carbonyl (C=O) groups excluding carboxylic acids is 1. The van der Waals surface area contributed by atoms with Crippen LogP contribution in [0, 0.1) is 5.92 Å². The summed E-state index contributed by atoms with van der Waals surface area (Å²) in [6, 6.07) is 0. The van der Waals surface area contributed by atoms with E-state index in [0.29, 0.717) is 13.1 Å². The van der Waals surface area contributed by atoms with E-state index in [2.05, 4.69) is 10.6 Å². The Morgan fingerprint density at radius 1 is 1.54 bits per heavy atom. The molecule has 13 heavy (non-hydrogen) atoms. The summed E-state index contributed by atoms with van der Waals surface area (Å²) < 4.78 is 0. The lowest BCUT2D eigenvalue weighted by molar-refractivity contribution is -0.122. The Morgan fingerprint density at radius 2 is 2.23 bits per heavy atom. The van der Waals surface area contributed by atoms with Crippen LogP contribution in [0.2, 0.25) is 0 Å². The molecule has 1 aliphatic rings. The number of carbonyl (C=O) groups is 1. The Morgan fingerprint density at radius 3 is 2.77 bits per heavy atom. The number of hydrogen-bond donors (Lipinski definition) is 3. The molecule has 1 fully saturated rings. The molecule has 0 aromatic heterocycles. The summed E-state index contributed by atoms with van der Waals surface area (Å²) in [7, 11) is 0. The Labute approximate surface area is 78.7 Å². The molecule has 4 nitrogen and oxygen atoms in total. The Kier molecular flexibility index (Phi) is 4.18. The molecular formula is C9H18N2O2.